The van der Waals surface area contributed by atoms with Crippen molar-refractivity contribution in [3.63, 3.8) is 0 Å². The Balaban J connectivity index is 2.11. The van der Waals surface area contributed by atoms with Gasteiger partial charge in [0.05, 0.1) is 0 Å². The summed E-state index contributed by atoms with van der Waals surface area (Å²) in [6.07, 6.45) is 9.63. The summed E-state index contributed by atoms with van der Waals surface area (Å²) in [6.45, 7) is 0. The molecule has 1 aliphatic carbocycles. The minimum atomic E-state index is -1.32. The Bertz CT molecular complexity index is 134. The van der Waals surface area contributed by atoms with Crippen LogP contribution >= 0.6 is 22.2 Å². The second-order valence-corrected chi connectivity index (χ2v) is 8.31. The third kappa shape index (κ3) is 4.19. The molecule has 11 heavy (non-hydrogen) atoms. The molecule has 0 amide bonds. The van der Waals surface area contributed by atoms with E-state index >= 15 is 0 Å². The van der Waals surface area contributed by atoms with Crippen molar-refractivity contribution < 1.29 is 0 Å². The minimum absolute atomic E-state index is 0.868. The predicted molar refractivity (Wildman–Crippen MR) is 54.8 cm³/mol. The molecular formula is C8H14Cl2Si. The summed E-state index contributed by atoms with van der Waals surface area (Å²) in [7, 11) is -1.32. The predicted octanol–water partition coefficient (Wildman–Crippen LogP) is 3.43. The Hall–Kier alpha value is 0.537. The molecule has 0 aliphatic heterocycles. The average molecular weight is 209 g/mol. The van der Waals surface area contributed by atoms with E-state index in [1.807, 2.05) is 0 Å². The zero-order chi connectivity index (χ0) is 8.10. The molecule has 0 bridgehead atoms. The van der Waals surface area contributed by atoms with E-state index in [9.17, 15) is 0 Å². The summed E-state index contributed by atoms with van der Waals surface area (Å²) < 4.78 is 0. The number of hydrogen-bond acceptors (Lipinski definition) is 0. The van der Waals surface area contributed by atoms with Gasteiger partial charge in [0.2, 0.25) is 7.42 Å². The van der Waals surface area contributed by atoms with E-state index in [4.69, 9.17) is 22.2 Å². The molecule has 1 unspecified atom stereocenters. The van der Waals surface area contributed by atoms with E-state index in [2.05, 4.69) is 12.2 Å². The molecule has 0 nitrogen and oxygen atoms in total. The van der Waals surface area contributed by atoms with E-state index in [-0.39, 0.29) is 0 Å². The lowest BCUT2D eigenvalue weighted by molar-refractivity contribution is 0.465. The molecular weight excluding hydrogens is 195 g/mol. The molecule has 1 aliphatic rings. The van der Waals surface area contributed by atoms with Crippen LogP contribution in [0.5, 0.6) is 0 Å². The fourth-order valence-electron chi connectivity index (χ4n) is 1.48. The molecule has 1 rings (SSSR count). The zero-order valence-electron chi connectivity index (χ0n) is 6.60. The van der Waals surface area contributed by atoms with Gasteiger partial charge in [-0.2, -0.15) is 22.2 Å². The second kappa shape index (κ2) is 5.23. The molecule has 0 saturated carbocycles. The summed E-state index contributed by atoms with van der Waals surface area (Å²) >= 11 is 11.6. The van der Waals surface area contributed by atoms with Crippen molar-refractivity contribution in [1.82, 2.24) is 0 Å². The van der Waals surface area contributed by atoms with Crippen LogP contribution in [0.15, 0.2) is 12.2 Å². The van der Waals surface area contributed by atoms with E-state index in [0.29, 0.717) is 0 Å². The van der Waals surface area contributed by atoms with Crippen LogP contribution in [0.2, 0.25) is 6.04 Å². The molecule has 0 spiro atoms. The van der Waals surface area contributed by atoms with Gasteiger partial charge in [-0.1, -0.05) is 18.6 Å². The number of allylic oxidation sites excluding steroid dienone is 2. The largest absolute Gasteiger partial charge is 0.237 e. The molecule has 0 radical (unpaired) electrons. The zero-order valence-corrected chi connectivity index (χ0v) is 9.27. The second-order valence-electron chi connectivity index (χ2n) is 3.12. The molecule has 0 fully saturated rings. The molecule has 0 aromatic carbocycles. The number of hydrogen-bond donors (Lipinski definition) is 0. The fourth-order valence-corrected chi connectivity index (χ4v) is 2.96. The molecule has 0 saturated heterocycles. The summed E-state index contributed by atoms with van der Waals surface area (Å²) in [5, 5.41) is 0. The van der Waals surface area contributed by atoms with Crippen molar-refractivity contribution in [3.05, 3.63) is 12.2 Å². The van der Waals surface area contributed by atoms with Gasteiger partial charge in [-0.3, -0.25) is 0 Å². The van der Waals surface area contributed by atoms with Crippen LogP contribution in [0.25, 0.3) is 0 Å². The van der Waals surface area contributed by atoms with Gasteiger partial charge in [0.15, 0.2) is 0 Å². The minimum Gasteiger partial charge on any atom is -0.150 e. The van der Waals surface area contributed by atoms with E-state index in [0.717, 1.165) is 12.0 Å². The van der Waals surface area contributed by atoms with Crippen LogP contribution in [0.3, 0.4) is 0 Å². The average Bonchev–Trinajstić information content (AvgIpc) is 2.03. The highest BCUT2D eigenvalue weighted by atomic mass is 35.7. The van der Waals surface area contributed by atoms with Gasteiger partial charge in [0.1, 0.15) is 0 Å². The SMILES string of the molecule is Cl[SiH](Cl)CCC1CC=CCC1. The Labute approximate surface area is 79.6 Å². The molecule has 1 atom stereocenters. The Morgan fingerprint density at radius 2 is 2.18 bits per heavy atom. The molecule has 0 aromatic heterocycles. The highest BCUT2D eigenvalue weighted by molar-refractivity contribution is 7.33. The van der Waals surface area contributed by atoms with Crippen molar-refractivity contribution in [3.8, 4) is 0 Å². The molecule has 0 heterocycles. The number of rotatable bonds is 3. The molecule has 64 valence electrons. The third-order valence-corrected chi connectivity index (χ3v) is 4.25. The highest BCUT2D eigenvalue weighted by Gasteiger charge is 2.11. The maximum atomic E-state index is 5.78. The fraction of sp³-hybridized carbons (Fsp3) is 0.750. The first-order chi connectivity index (χ1) is 5.29. The van der Waals surface area contributed by atoms with Crippen molar-refractivity contribution in [1.29, 1.82) is 0 Å². The van der Waals surface area contributed by atoms with E-state index in [1.54, 1.807) is 0 Å². The Morgan fingerprint density at radius 1 is 1.36 bits per heavy atom. The maximum Gasteiger partial charge on any atom is 0.237 e. The van der Waals surface area contributed by atoms with Gasteiger partial charge >= 0.3 is 0 Å². The van der Waals surface area contributed by atoms with Crippen molar-refractivity contribution in [2.45, 2.75) is 31.7 Å². The van der Waals surface area contributed by atoms with Gasteiger partial charge in [-0.15, -0.1) is 0 Å². The van der Waals surface area contributed by atoms with Gasteiger partial charge in [0, 0.05) is 0 Å². The van der Waals surface area contributed by atoms with Gasteiger partial charge in [-0.25, -0.2) is 0 Å². The summed E-state index contributed by atoms with van der Waals surface area (Å²) in [5.41, 5.74) is 0. The first-order valence-electron chi connectivity index (χ1n) is 4.22. The van der Waals surface area contributed by atoms with E-state index < -0.39 is 7.42 Å². The van der Waals surface area contributed by atoms with Crippen LogP contribution in [0, 0.1) is 5.92 Å². The maximum absolute atomic E-state index is 5.78. The topological polar surface area (TPSA) is 0 Å². The lowest BCUT2D eigenvalue weighted by atomic mass is 9.92. The lowest BCUT2D eigenvalue weighted by Crippen LogP contribution is -2.04. The number of halogens is 2. The molecule has 0 N–H and O–H groups in total. The van der Waals surface area contributed by atoms with Crippen molar-refractivity contribution in [2.24, 2.45) is 5.92 Å². The smallest absolute Gasteiger partial charge is 0.150 e. The third-order valence-electron chi connectivity index (χ3n) is 2.17. The van der Waals surface area contributed by atoms with Crippen LogP contribution in [-0.2, 0) is 0 Å². The first kappa shape index (κ1) is 9.62. The quantitative estimate of drug-likeness (QED) is 0.379. The molecule has 3 heteroatoms. The normalized spacial score (nSPS) is 24.5. The van der Waals surface area contributed by atoms with Crippen LogP contribution < -0.4 is 0 Å². The Morgan fingerprint density at radius 3 is 2.73 bits per heavy atom. The van der Waals surface area contributed by atoms with E-state index in [1.165, 1.54) is 25.7 Å². The lowest BCUT2D eigenvalue weighted by Gasteiger charge is -2.16. The Kier molecular flexibility index (Phi) is 4.58. The molecule has 0 aromatic rings. The van der Waals surface area contributed by atoms with Gasteiger partial charge in [-0.05, 0) is 31.2 Å². The van der Waals surface area contributed by atoms with Crippen LogP contribution in [0.1, 0.15) is 25.7 Å². The van der Waals surface area contributed by atoms with Gasteiger partial charge < -0.3 is 0 Å². The van der Waals surface area contributed by atoms with Crippen LogP contribution in [-0.4, -0.2) is 7.42 Å². The first-order valence-corrected chi connectivity index (χ1v) is 8.53. The summed E-state index contributed by atoms with van der Waals surface area (Å²) in [5.74, 6) is 0.868. The summed E-state index contributed by atoms with van der Waals surface area (Å²) in [4.78, 5) is 0. The monoisotopic (exact) mass is 208 g/mol. The standard InChI is InChI=1S/C8H14Cl2Si/c9-11(10)7-6-8-4-2-1-3-5-8/h1-2,8,11H,3-7H2. The van der Waals surface area contributed by atoms with Crippen molar-refractivity contribution in [2.75, 3.05) is 0 Å². The van der Waals surface area contributed by atoms with Crippen LogP contribution in [0.4, 0.5) is 0 Å². The van der Waals surface area contributed by atoms with Gasteiger partial charge in [0.25, 0.3) is 0 Å². The van der Waals surface area contributed by atoms with Crippen molar-refractivity contribution >= 4 is 29.6 Å². The highest BCUT2D eigenvalue weighted by Crippen LogP contribution is 2.24. The summed E-state index contributed by atoms with van der Waals surface area (Å²) in [6, 6.07) is 1.08.